The maximum Gasteiger partial charge on any atom is 0.123 e. The molecular weight excluding hydrogens is 260 g/mol. The van der Waals surface area contributed by atoms with E-state index in [1.807, 2.05) is 36.4 Å². The lowest BCUT2D eigenvalue weighted by atomic mass is 10.2. The third-order valence-corrected chi connectivity index (χ3v) is 2.91. The van der Waals surface area contributed by atoms with Crippen LogP contribution in [0.4, 0.5) is 0 Å². The van der Waals surface area contributed by atoms with Gasteiger partial charge in [-0.05, 0) is 30.3 Å². The van der Waals surface area contributed by atoms with Gasteiger partial charge in [0.2, 0.25) is 0 Å². The summed E-state index contributed by atoms with van der Waals surface area (Å²) < 4.78 is 5.74. The Morgan fingerprint density at radius 2 is 2.00 bits per heavy atom. The number of ether oxygens (including phenoxy) is 1. The Labute approximate surface area is 118 Å². The zero-order valence-corrected chi connectivity index (χ0v) is 11.7. The summed E-state index contributed by atoms with van der Waals surface area (Å²) in [6.07, 6.45) is 1.77. The first-order chi connectivity index (χ1) is 9.28. The average Bonchev–Trinajstić information content (AvgIpc) is 2.45. The molecule has 0 amide bonds. The lowest BCUT2D eigenvalue weighted by Crippen LogP contribution is -2.12. The van der Waals surface area contributed by atoms with Gasteiger partial charge in [0.05, 0.1) is 5.69 Å². The van der Waals surface area contributed by atoms with E-state index in [0.717, 1.165) is 35.1 Å². The Morgan fingerprint density at radius 3 is 2.74 bits per heavy atom. The molecule has 0 aliphatic rings. The SMILES string of the molecule is CCNCc1cc(OCc2ccc(Cl)cc2)ccn1. The summed E-state index contributed by atoms with van der Waals surface area (Å²) >= 11 is 5.84. The molecule has 100 valence electrons. The molecule has 0 aliphatic carbocycles. The van der Waals surface area contributed by atoms with Crippen LogP contribution in [-0.4, -0.2) is 11.5 Å². The summed E-state index contributed by atoms with van der Waals surface area (Å²) in [6.45, 7) is 4.29. The Balaban J connectivity index is 1.93. The van der Waals surface area contributed by atoms with Crippen molar-refractivity contribution in [2.45, 2.75) is 20.1 Å². The van der Waals surface area contributed by atoms with Gasteiger partial charge >= 0.3 is 0 Å². The first-order valence-corrected chi connectivity index (χ1v) is 6.68. The van der Waals surface area contributed by atoms with Crippen LogP contribution in [0.15, 0.2) is 42.6 Å². The van der Waals surface area contributed by atoms with Gasteiger partial charge in [0, 0.05) is 23.8 Å². The lowest BCUT2D eigenvalue weighted by Gasteiger charge is -2.08. The van der Waals surface area contributed by atoms with Crippen LogP contribution >= 0.6 is 11.6 Å². The fourth-order valence-electron chi connectivity index (χ4n) is 1.64. The molecule has 0 bridgehead atoms. The van der Waals surface area contributed by atoms with Crippen molar-refractivity contribution in [3.63, 3.8) is 0 Å². The minimum atomic E-state index is 0.530. The van der Waals surface area contributed by atoms with Gasteiger partial charge < -0.3 is 10.1 Å². The highest BCUT2D eigenvalue weighted by Gasteiger charge is 1.99. The van der Waals surface area contributed by atoms with Crippen LogP contribution in [0.3, 0.4) is 0 Å². The quantitative estimate of drug-likeness (QED) is 0.878. The van der Waals surface area contributed by atoms with E-state index < -0.39 is 0 Å². The predicted octanol–water partition coefficient (Wildman–Crippen LogP) is 3.42. The molecule has 0 radical (unpaired) electrons. The molecule has 4 heteroatoms. The van der Waals surface area contributed by atoms with Crippen molar-refractivity contribution in [2.24, 2.45) is 0 Å². The minimum absolute atomic E-state index is 0.530. The maximum atomic E-state index is 5.84. The molecule has 0 saturated heterocycles. The van der Waals surface area contributed by atoms with E-state index in [-0.39, 0.29) is 0 Å². The highest BCUT2D eigenvalue weighted by Crippen LogP contribution is 2.15. The first kappa shape index (κ1) is 13.8. The van der Waals surface area contributed by atoms with E-state index in [0.29, 0.717) is 6.61 Å². The molecule has 0 unspecified atom stereocenters. The smallest absolute Gasteiger partial charge is 0.123 e. The van der Waals surface area contributed by atoms with Crippen LogP contribution in [0, 0.1) is 0 Å². The number of hydrogen-bond acceptors (Lipinski definition) is 3. The van der Waals surface area contributed by atoms with Gasteiger partial charge in [0.25, 0.3) is 0 Å². The molecule has 3 nitrogen and oxygen atoms in total. The average molecular weight is 277 g/mol. The molecule has 0 saturated carbocycles. The van der Waals surface area contributed by atoms with E-state index >= 15 is 0 Å². The van der Waals surface area contributed by atoms with Crippen LogP contribution in [-0.2, 0) is 13.2 Å². The van der Waals surface area contributed by atoms with Crippen molar-refractivity contribution in [3.05, 3.63) is 58.9 Å². The number of hydrogen-bond donors (Lipinski definition) is 1. The van der Waals surface area contributed by atoms with Crippen LogP contribution in [0.25, 0.3) is 0 Å². The molecular formula is C15H17ClN2O. The Morgan fingerprint density at radius 1 is 1.21 bits per heavy atom. The molecule has 1 N–H and O–H groups in total. The standard InChI is InChI=1S/C15H17ClN2O/c1-2-17-10-14-9-15(7-8-18-14)19-11-12-3-5-13(16)6-4-12/h3-9,17H,2,10-11H2,1H3. The highest BCUT2D eigenvalue weighted by molar-refractivity contribution is 6.30. The fraction of sp³-hybridized carbons (Fsp3) is 0.267. The number of nitrogens with one attached hydrogen (secondary N) is 1. The normalized spacial score (nSPS) is 10.4. The third kappa shape index (κ3) is 4.54. The topological polar surface area (TPSA) is 34.1 Å². The molecule has 1 heterocycles. The maximum absolute atomic E-state index is 5.84. The molecule has 2 rings (SSSR count). The Kier molecular flexibility index (Phi) is 5.19. The number of benzene rings is 1. The monoisotopic (exact) mass is 276 g/mol. The molecule has 0 aliphatic heterocycles. The van der Waals surface area contributed by atoms with Gasteiger partial charge in [-0.15, -0.1) is 0 Å². The second kappa shape index (κ2) is 7.12. The molecule has 1 aromatic heterocycles. The fourth-order valence-corrected chi connectivity index (χ4v) is 1.77. The molecule has 0 atom stereocenters. The number of halogens is 1. The van der Waals surface area contributed by atoms with Gasteiger partial charge in [-0.3, -0.25) is 4.98 Å². The lowest BCUT2D eigenvalue weighted by molar-refractivity contribution is 0.305. The number of pyridine rings is 1. The Bertz CT molecular complexity index is 514. The van der Waals surface area contributed by atoms with Crippen LogP contribution in [0.1, 0.15) is 18.2 Å². The Hall–Kier alpha value is -1.58. The van der Waals surface area contributed by atoms with Crippen LogP contribution in [0.5, 0.6) is 5.75 Å². The van der Waals surface area contributed by atoms with Gasteiger partial charge in [0.1, 0.15) is 12.4 Å². The van der Waals surface area contributed by atoms with Crippen molar-refractivity contribution < 1.29 is 4.74 Å². The van der Waals surface area contributed by atoms with E-state index in [1.54, 1.807) is 6.20 Å². The molecule has 19 heavy (non-hydrogen) atoms. The van der Waals surface area contributed by atoms with E-state index in [4.69, 9.17) is 16.3 Å². The number of nitrogens with zero attached hydrogens (tertiary/aromatic N) is 1. The van der Waals surface area contributed by atoms with Crippen molar-refractivity contribution in [2.75, 3.05) is 6.54 Å². The molecule has 0 spiro atoms. The summed E-state index contributed by atoms with van der Waals surface area (Å²) in [6, 6.07) is 11.5. The second-order valence-corrected chi connectivity index (χ2v) is 4.61. The highest BCUT2D eigenvalue weighted by atomic mass is 35.5. The zero-order chi connectivity index (χ0) is 13.5. The van der Waals surface area contributed by atoms with Crippen molar-refractivity contribution in [3.8, 4) is 5.75 Å². The number of rotatable bonds is 6. The van der Waals surface area contributed by atoms with Crippen LogP contribution in [0.2, 0.25) is 5.02 Å². The van der Waals surface area contributed by atoms with Gasteiger partial charge in [-0.2, -0.15) is 0 Å². The summed E-state index contributed by atoms with van der Waals surface area (Å²) in [5, 5.41) is 3.98. The van der Waals surface area contributed by atoms with Crippen molar-refractivity contribution in [1.29, 1.82) is 0 Å². The van der Waals surface area contributed by atoms with Crippen LogP contribution < -0.4 is 10.1 Å². The summed E-state index contributed by atoms with van der Waals surface area (Å²) in [5.41, 5.74) is 2.07. The van der Waals surface area contributed by atoms with Crippen molar-refractivity contribution >= 4 is 11.6 Å². The second-order valence-electron chi connectivity index (χ2n) is 4.18. The summed E-state index contributed by atoms with van der Waals surface area (Å²) in [5.74, 6) is 0.831. The van der Waals surface area contributed by atoms with E-state index in [9.17, 15) is 0 Å². The molecule has 1 aromatic carbocycles. The molecule has 0 fully saturated rings. The van der Waals surface area contributed by atoms with E-state index in [2.05, 4.69) is 17.2 Å². The summed E-state index contributed by atoms with van der Waals surface area (Å²) in [4.78, 5) is 4.28. The summed E-state index contributed by atoms with van der Waals surface area (Å²) in [7, 11) is 0. The first-order valence-electron chi connectivity index (χ1n) is 6.31. The van der Waals surface area contributed by atoms with E-state index in [1.165, 1.54) is 0 Å². The number of aromatic nitrogens is 1. The molecule has 2 aromatic rings. The van der Waals surface area contributed by atoms with Gasteiger partial charge in [-0.1, -0.05) is 30.7 Å². The van der Waals surface area contributed by atoms with Gasteiger partial charge in [-0.25, -0.2) is 0 Å². The van der Waals surface area contributed by atoms with Gasteiger partial charge in [0.15, 0.2) is 0 Å². The largest absolute Gasteiger partial charge is 0.489 e. The predicted molar refractivity (Wildman–Crippen MR) is 77.4 cm³/mol. The third-order valence-electron chi connectivity index (χ3n) is 2.66. The minimum Gasteiger partial charge on any atom is -0.489 e. The zero-order valence-electron chi connectivity index (χ0n) is 10.9. The van der Waals surface area contributed by atoms with Crippen molar-refractivity contribution in [1.82, 2.24) is 10.3 Å².